The molecule has 1 aliphatic carbocycles. The molecular formula is C12H11F2N. The standard InChI is InChI=1S/C12H11F2N/c13-12(14,8-15)11-6-5-9-3-1-2-4-10(9)7-11/h5-7H,1-4H2. The van der Waals surface area contributed by atoms with Crippen LogP contribution < -0.4 is 0 Å². The van der Waals surface area contributed by atoms with Gasteiger partial charge in [-0.25, -0.2) is 0 Å². The Kier molecular flexibility index (Phi) is 2.44. The van der Waals surface area contributed by atoms with E-state index >= 15 is 0 Å². The van der Waals surface area contributed by atoms with Gasteiger partial charge in [0.2, 0.25) is 0 Å². The van der Waals surface area contributed by atoms with Crippen LogP contribution in [0.4, 0.5) is 8.78 Å². The fourth-order valence-electron chi connectivity index (χ4n) is 1.99. The third-order valence-corrected chi connectivity index (χ3v) is 2.85. The maximum atomic E-state index is 13.1. The van der Waals surface area contributed by atoms with Crippen LogP contribution in [0.25, 0.3) is 0 Å². The zero-order valence-corrected chi connectivity index (χ0v) is 8.26. The molecule has 0 amide bonds. The number of nitrogens with zero attached hydrogens (tertiary/aromatic N) is 1. The van der Waals surface area contributed by atoms with Gasteiger partial charge in [-0.3, -0.25) is 0 Å². The molecule has 0 unspecified atom stereocenters. The fourth-order valence-corrected chi connectivity index (χ4v) is 1.99. The molecule has 78 valence electrons. The average Bonchev–Trinajstić information content (AvgIpc) is 2.28. The van der Waals surface area contributed by atoms with Crippen molar-refractivity contribution in [3.05, 3.63) is 34.9 Å². The lowest BCUT2D eigenvalue weighted by Crippen LogP contribution is -2.12. The van der Waals surface area contributed by atoms with Gasteiger partial charge in [0.15, 0.2) is 0 Å². The van der Waals surface area contributed by atoms with E-state index in [9.17, 15) is 8.78 Å². The molecule has 1 aromatic rings. The van der Waals surface area contributed by atoms with Crippen molar-refractivity contribution in [1.82, 2.24) is 0 Å². The summed E-state index contributed by atoms with van der Waals surface area (Å²) in [4.78, 5) is 0. The van der Waals surface area contributed by atoms with Crippen LogP contribution in [-0.4, -0.2) is 0 Å². The van der Waals surface area contributed by atoms with Crippen molar-refractivity contribution < 1.29 is 8.78 Å². The molecule has 3 heteroatoms. The van der Waals surface area contributed by atoms with E-state index in [-0.39, 0.29) is 5.56 Å². The first-order valence-corrected chi connectivity index (χ1v) is 5.05. The summed E-state index contributed by atoms with van der Waals surface area (Å²) in [5, 5.41) is 8.35. The third kappa shape index (κ3) is 1.85. The summed E-state index contributed by atoms with van der Waals surface area (Å²) < 4.78 is 26.2. The van der Waals surface area contributed by atoms with Crippen molar-refractivity contribution in [2.75, 3.05) is 0 Å². The minimum absolute atomic E-state index is 0.175. The SMILES string of the molecule is N#CC(F)(F)c1ccc2c(c1)CCCC2. The minimum Gasteiger partial charge on any atom is -0.191 e. The molecule has 1 aliphatic rings. The average molecular weight is 207 g/mol. The zero-order chi connectivity index (χ0) is 10.9. The van der Waals surface area contributed by atoms with Crippen molar-refractivity contribution >= 4 is 0 Å². The van der Waals surface area contributed by atoms with Crippen LogP contribution in [-0.2, 0) is 18.8 Å². The van der Waals surface area contributed by atoms with Crippen molar-refractivity contribution in [3.8, 4) is 6.07 Å². The Bertz CT molecular complexity index is 418. The summed E-state index contributed by atoms with van der Waals surface area (Å²) in [6.07, 6.45) is 3.99. The van der Waals surface area contributed by atoms with Gasteiger partial charge < -0.3 is 0 Å². The zero-order valence-electron chi connectivity index (χ0n) is 8.26. The van der Waals surface area contributed by atoms with Gasteiger partial charge in [-0.15, -0.1) is 0 Å². The van der Waals surface area contributed by atoms with Gasteiger partial charge in [-0.1, -0.05) is 12.1 Å². The smallest absolute Gasteiger partial charge is 0.191 e. The van der Waals surface area contributed by atoms with E-state index in [1.54, 1.807) is 6.07 Å². The van der Waals surface area contributed by atoms with Crippen molar-refractivity contribution in [3.63, 3.8) is 0 Å². The summed E-state index contributed by atoms with van der Waals surface area (Å²) in [7, 11) is 0. The molecule has 0 aromatic heterocycles. The monoisotopic (exact) mass is 207 g/mol. The second-order valence-electron chi connectivity index (χ2n) is 3.88. The maximum Gasteiger partial charge on any atom is 0.357 e. The van der Waals surface area contributed by atoms with Gasteiger partial charge in [0, 0.05) is 5.56 Å². The van der Waals surface area contributed by atoms with Crippen molar-refractivity contribution in [1.29, 1.82) is 5.26 Å². The number of fused-ring (bicyclic) bond motifs is 1. The number of alkyl halides is 2. The minimum atomic E-state index is -3.35. The number of aryl methyl sites for hydroxylation is 2. The predicted octanol–water partition coefficient (Wildman–Crippen LogP) is 3.18. The molecule has 1 nitrogen and oxygen atoms in total. The van der Waals surface area contributed by atoms with Crippen molar-refractivity contribution in [2.24, 2.45) is 0 Å². The van der Waals surface area contributed by atoms with Gasteiger partial charge in [0.25, 0.3) is 0 Å². The van der Waals surface area contributed by atoms with Crippen LogP contribution in [0.15, 0.2) is 18.2 Å². The molecule has 15 heavy (non-hydrogen) atoms. The van der Waals surface area contributed by atoms with E-state index in [0.717, 1.165) is 42.9 Å². The quantitative estimate of drug-likeness (QED) is 0.693. The number of hydrogen-bond acceptors (Lipinski definition) is 1. The molecule has 0 heterocycles. The molecule has 1 aromatic carbocycles. The summed E-state index contributed by atoms with van der Waals surface area (Å²) in [5.74, 6) is -3.35. The highest BCUT2D eigenvalue weighted by Gasteiger charge is 2.31. The largest absolute Gasteiger partial charge is 0.357 e. The fraction of sp³-hybridized carbons (Fsp3) is 0.417. The van der Waals surface area contributed by atoms with E-state index in [2.05, 4.69) is 0 Å². The maximum absolute atomic E-state index is 13.1. The van der Waals surface area contributed by atoms with Crippen LogP contribution in [0.3, 0.4) is 0 Å². The van der Waals surface area contributed by atoms with Crippen LogP contribution in [0.2, 0.25) is 0 Å². The number of nitriles is 1. The topological polar surface area (TPSA) is 23.8 Å². The molecule has 0 saturated carbocycles. The summed E-state index contributed by atoms with van der Waals surface area (Å²) in [6, 6.07) is 5.61. The lowest BCUT2D eigenvalue weighted by Gasteiger charge is -2.17. The van der Waals surface area contributed by atoms with E-state index in [0.29, 0.717) is 0 Å². The van der Waals surface area contributed by atoms with Gasteiger partial charge >= 0.3 is 5.92 Å². The Balaban J connectivity index is 2.41. The molecular weight excluding hydrogens is 196 g/mol. The van der Waals surface area contributed by atoms with Crippen LogP contribution in [0.5, 0.6) is 0 Å². The first-order chi connectivity index (χ1) is 7.13. The van der Waals surface area contributed by atoms with Crippen molar-refractivity contribution in [2.45, 2.75) is 31.6 Å². The lowest BCUT2D eigenvalue weighted by molar-refractivity contribution is 0.0612. The first kappa shape index (κ1) is 10.1. The first-order valence-electron chi connectivity index (χ1n) is 5.05. The van der Waals surface area contributed by atoms with E-state index < -0.39 is 5.92 Å². The third-order valence-electron chi connectivity index (χ3n) is 2.85. The molecule has 0 saturated heterocycles. The van der Waals surface area contributed by atoms with E-state index in [4.69, 9.17) is 5.26 Å². The molecule has 0 aliphatic heterocycles. The molecule has 0 bridgehead atoms. The molecule has 0 atom stereocenters. The summed E-state index contributed by atoms with van der Waals surface area (Å²) >= 11 is 0. The molecule has 0 spiro atoms. The van der Waals surface area contributed by atoms with E-state index in [1.165, 1.54) is 12.1 Å². The van der Waals surface area contributed by atoms with Gasteiger partial charge in [-0.2, -0.15) is 14.0 Å². The second-order valence-corrected chi connectivity index (χ2v) is 3.88. The number of rotatable bonds is 1. The highest BCUT2D eigenvalue weighted by atomic mass is 19.3. The molecule has 0 fully saturated rings. The summed E-state index contributed by atoms with van der Waals surface area (Å²) in [6.45, 7) is 0. The number of halogens is 2. The van der Waals surface area contributed by atoms with Gasteiger partial charge in [-0.05, 0) is 42.9 Å². The van der Waals surface area contributed by atoms with Gasteiger partial charge in [0.1, 0.15) is 6.07 Å². The molecule has 0 radical (unpaired) electrons. The normalized spacial score (nSPS) is 15.5. The van der Waals surface area contributed by atoms with Crippen LogP contribution in [0, 0.1) is 11.3 Å². The molecule has 0 N–H and O–H groups in total. The highest BCUT2D eigenvalue weighted by molar-refractivity contribution is 5.37. The van der Waals surface area contributed by atoms with Crippen LogP contribution in [0.1, 0.15) is 29.5 Å². The Morgan fingerprint density at radius 3 is 2.47 bits per heavy atom. The highest BCUT2D eigenvalue weighted by Crippen LogP contribution is 2.30. The summed E-state index contributed by atoms with van der Waals surface area (Å²) in [5.41, 5.74) is 1.96. The number of benzene rings is 1. The van der Waals surface area contributed by atoms with Crippen LogP contribution >= 0.6 is 0 Å². The number of hydrogen-bond donors (Lipinski definition) is 0. The van der Waals surface area contributed by atoms with E-state index in [1.807, 2.05) is 0 Å². The Hall–Kier alpha value is -1.43. The predicted molar refractivity (Wildman–Crippen MR) is 52.6 cm³/mol. The Morgan fingerprint density at radius 2 is 1.80 bits per heavy atom. The Labute approximate surface area is 87.3 Å². The molecule has 2 rings (SSSR count). The lowest BCUT2D eigenvalue weighted by atomic mass is 9.89. The Morgan fingerprint density at radius 1 is 1.13 bits per heavy atom. The van der Waals surface area contributed by atoms with Gasteiger partial charge in [0.05, 0.1) is 0 Å². The second kappa shape index (κ2) is 3.62.